The monoisotopic (exact) mass is 363 g/mol. The molecular formula is C12H13BrF3N5. The molecule has 0 bridgehead atoms. The van der Waals surface area contributed by atoms with Crippen LogP contribution in [0, 0.1) is 0 Å². The summed E-state index contributed by atoms with van der Waals surface area (Å²) < 4.78 is 39.9. The van der Waals surface area contributed by atoms with Crippen LogP contribution in [0.2, 0.25) is 0 Å². The molecule has 2 rings (SSSR count). The molecule has 0 saturated heterocycles. The van der Waals surface area contributed by atoms with Crippen molar-refractivity contribution in [3.63, 3.8) is 0 Å². The zero-order valence-electron chi connectivity index (χ0n) is 11.3. The highest BCUT2D eigenvalue weighted by Crippen LogP contribution is 2.36. The first-order valence-electron chi connectivity index (χ1n) is 6.08. The van der Waals surface area contributed by atoms with E-state index in [-0.39, 0.29) is 12.0 Å². The molecule has 5 nitrogen and oxygen atoms in total. The van der Waals surface area contributed by atoms with Crippen LogP contribution in [0.3, 0.4) is 0 Å². The molecule has 114 valence electrons. The lowest BCUT2D eigenvalue weighted by Gasteiger charge is -2.20. The van der Waals surface area contributed by atoms with Crippen molar-refractivity contribution in [1.82, 2.24) is 25.5 Å². The van der Waals surface area contributed by atoms with Gasteiger partial charge in [0.05, 0.1) is 12.6 Å². The van der Waals surface area contributed by atoms with Crippen molar-refractivity contribution >= 4 is 15.9 Å². The third-order valence-corrected chi connectivity index (χ3v) is 3.47. The lowest BCUT2D eigenvalue weighted by atomic mass is 9.97. The molecule has 1 unspecified atom stereocenters. The molecule has 1 aromatic carbocycles. The summed E-state index contributed by atoms with van der Waals surface area (Å²) in [7, 11) is 3.20. The molecular weight excluding hydrogens is 351 g/mol. The van der Waals surface area contributed by atoms with Gasteiger partial charge in [0.25, 0.3) is 0 Å². The number of nitrogens with zero attached hydrogens (tertiary/aromatic N) is 4. The van der Waals surface area contributed by atoms with Crippen molar-refractivity contribution < 1.29 is 13.2 Å². The molecule has 21 heavy (non-hydrogen) atoms. The molecule has 0 radical (unpaired) electrons. The lowest BCUT2D eigenvalue weighted by Crippen LogP contribution is -2.23. The second-order valence-electron chi connectivity index (χ2n) is 4.47. The fourth-order valence-electron chi connectivity index (χ4n) is 2.03. The second-order valence-corrected chi connectivity index (χ2v) is 5.39. The maximum Gasteiger partial charge on any atom is 0.416 e. The number of nitrogens with one attached hydrogen (secondary N) is 1. The van der Waals surface area contributed by atoms with Crippen LogP contribution in [0.1, 0.15) is 23.0 Å². The minimum absolute atomic E-state index is 0.153. The van der Waals surface area contributed by atoms with Gasteiger partial charge in [-0.2, -0.15) is 18.0 Å². The number of benzene rings is 1. The van der Waals surface area contributed by atoms with Gasteiger partial charge in [0.2, 0.25) is 0 Å². The van der Waals surface area contributed by atoms with Gasteiger partial charge in [-0.3, -0.25) is 0 Å². The van der Waals surface area contributed by atoms with E-state index in [1.165, 1.54) is 10.9 Å². The average Bonchev–Trinajstić information content (AvgIpc) is 2.81. The molecule has 1 heterocycles. The molecule has 1 atom stereocenters. The van der Waals surface area contributed by atoms with Crippen molar-refractivity contribution in [3.8, 4) is 0 Å². The number of halogens is 4. The fourth-order valence-corrected chi connectivity index (χ4v) is 2.39. The van der Waals surface area contributed by atoms with Gasteiger partial charge < -0.3 is 5.32 Å². The first-order valence-corrected chi connectivity index (χ1v) is 6.87. The van der Waals surface area contributed by atoms with Crippen LogP contribution >= 0.6 is 15.9 Å². The Morgan fingerprint density at radius 3 is 2.62 bits per heavy atom. The smallest absolute Gasteiger partial charge is 0.313 e. The Morgan fingerprint density at radius 1 is 1.38 bits per heavy atom. The average molecular weight is 364 g/mol. The van der Waals surface area contributed by atoms with Crippen LogP contribution < -0.4 is 5.32 Å². The lowest BCUT2D eigenvalue weighted by molar-refractivity contribution is -0.138. The standard InChI is InChI=1S/C12H13BrF3N5/c1-17-10(6-11-18-20-21(2)19-11)8-4-3-7(13)5-9(8)12(14,15)16/h3-5,10,17H,6H2,1-2H3. The highest BCUT2D eigenvalue weighted by atomic mass is 79.9. The summed E-state index contributed by atoms with van der Waals surface area (Å²) >= 11 is 3.07. The number of alkyl halides is 3. The van der Waals surface area contributed by atoms with Gasteiger partial charge >= 0.3 is 6.18 Å². The molecule has 0 fully saturated rings. The van der Waals surface area contributed by atoms with Crippen molar-refractivity contribution in [2.75, 3.05) is 7.05 Å². The van der Waals surface area contributed by atoms with Gasteiger partial charge in [-0.05, 0) is 30.0 Å². The molecule has 0 spiro atoms. The van der Waals surface area contributed by atoms with E-state index in [1.54, 1.807) is 20.2 Å². The number of likely N-dealkylation sites (N-methyl/N-ethyl adjacent to an activating group) is 1. The molecule has 0 aliphatic heterocycles. The maximum absolute atomic E-state index is 13.2. The normalized spacial score (nSPS) is 13.4. The minimum Gasteiger partial charge on any atom is -0.313 e. The second kappa shape index (κ2) is 6.10. The number of aromatic nitrogens is 4. The van der Waals surface area contributed by atoms with Crippen LogP contribution in [-0.4, -0.2) is 27.3 Å². The molecule has 0 aliphatic rings. The predicted octanol–water partition coefficient (Wildman–Crippen LogP) is 2.49. The maximum atomic E-state index is 13.2. The van der Waals surface area contributed by atoms with Crippen molar-refractivity contribution in [3.05, 3.63) is 39.6 Å². The molecule has 2 aromatic rings. The van der Waals surface area contributed by atoms with Crippen LogP contribution in [-0.2, 0) is 19.6 Å². The van der Waals surface area contributed by atoms with E-state index in [9.17, 15) is 13.2 Å². The Balaban J connectivity index is 2.38. The SMILES string of the molecule is CNC(Cc1nnn(C)n1)c1ccc(Br)cc1C(F)(F)F. The number of rotatable bonds is 4. The quantitative estimate of drug-likeness (QED) is 0.906. The van der Waals surface area contributed by atoms with Crippen LogP contribution in [0.15, 0.2) is 22.7 Å². The Labute approximate surface area is 127 Å². The number of hydrogen-bond donors (Lipinski definition) is 1. The summed E-state index contributed by atoms with van der Waals surface area (Å²) in [6.07, 6.45) is -4.21. The van der Waals surface area contributed by atoms with E-state index in [1.807, 2.05) is 0 Å². The summed E-state index contributed by atoms with van der Waals surface area (Å²) in [5, 5.41) is 14.4. The molecule has 1 aromatic heterocycles. The Kier molecular flexibility index (Phi) is 4.62. The first-order chi connectivity index (χ1) is 9.81. The van der Waals surface area contributed by atoms with Gasteiger partial charge in [-0.15, -0.1) is 10.2 Å². The Morgan fingerprint density at radius 2 is 2.10 bits per heavy atom. The van der Waals surface area contributed by atoms with Crippen molar-refractivity contribution in [1.29, 1.82) is 0 Å². The van der Waals surface area contributed by atoms with Gasteiger partial charge in [-0.1, -0.05) is 22.0 Å². The summed E-state index contributed by atoms with van der Waals surface area (Å²) in [4.78, 5) is 1.27. The zero-order valence-corrected chi connectivity index (χ0v) is 12.9. The van der Waals surface area contributed by atoms with E-state index >= 15 is 0 Å². The molecule has 1 N–H and O–H groups in total. The summed E-state index contributed by atoms with van der Waals surface area (Å²) in [6, 6.07) is 3.55. The fraction of sp³-hybridized carbons (Fsp3) is 0.417. The number of hydrogen-bond acceptors (Lipinski definition) is 4. The van der Waals surface area contributed by atoms with Gasteiger partial charge in [0.15, 0.2) is 5.82 Å². The summed E-state index contributed by atoms with van der Waals surface area (Å²) in [5.41, 5.74) is -0.527. The van der Waals surface area contributed by atoms with Crippen LogP contribution in [0.4, 0.5) is 13.2 Å². The number of aryl methyl sites for hydroxylation is 1. The molecule has 0 aliphatic carbocycles. The minimum atomic E-state index is -4.43. The van der Waals surface area contributed by atoms with E-state index in [4.69, 9.17) is 0 Å². The highest BCUT2D eigenvalue weighted by Gasteiger charge is 2.35. The number of tetrazole rings is 1. The van der Waals surface area contributed by atoms with Crippen LogP contribution in [0.5, 0.6) is 0 Å². The largest absolute Gasteiger partial charge is 0.416 e. The third kappa shape index (κ3) is 3.79. The summed E-state index contributed by atoms with van der Waals surface area (Å²) in [6.45, 7) is 0. The van der Waals surface area contributed by atoms with Gasteiger partial charge in [0.1, 0.15) is 0 Å². The highest BCUT2D eigenvalue weighted by molar-refractivity contribution is 9.10. The van der Waals surface area contributed by atoms with E-state index in [0.29, 0.717) is 10.3 Å². The van der Waals surface area contributed by atoms with Crippen molar-refractivity contribution in [2.24, 2.45) is 7.05 Å². The van der Waals surface area contributed by atoms with E-state index in [0.717, 1.165) is 6.07 Å². The molecule has 9 heteroatoms. The van der Waals surface area contributed by atoms with Gasteiger partial charge in [-0.25, -0.2) is 0 Å². The van der Waals surface area contributed by atoms with Crippen LogP contribution in [0.25, 0.3) is 0 Å². The van der Waals surface area contributed by atoms with E-state index in [2.05, 4.69) is 36.7 Å². The topological polar surface area (TPSA) is 55.6 Å². The van der Waals surface area contributed by atoms with Crippen molar-refractivity contribution in [2.45, 2.75) is 18.6 Å². The Bertz CT molecular complexity index is 626. The van der Waals surface area contributed by atoms with Gasteiger partial charge in [0, 0.05) is 16.9 Å². The predicted molar refractivity (Wildman–Crippen MR) is 73.4 cm³/mol. The summed E-state index contributed by atoms with van der Waals surface area (Å²) in [5.74, 6) is 0.382. The molecule has 0 saturated carbocycles. The third-order valence-electron chi connectivity index (χ3n) is 2.98. The Hall–Kier alpha value is -1.48. The molecule has 0 amide bonds. The zero-order chi connectivity index (χ0) is 15.6. The van der Waals surface area contributed by atoms with E-state index < -0.39 is 17.8 Å². The first kappa shape index (κ1) is 15.9.